The average Bonchev–Trinajstić information content (AvgIpc) is 2.54. The van der Waals surface area contributed by atoms with Crippen LogP contribution in [0.5, 0.6) is 11.5 Å². The number of halogens is 1. The summed E-state index contributed by atoms with van der Waals surface area (Å²) in [5.41, 5.74) is 7.81. The van der Waals surface area contributed by atoms with E-state index in [0.717, 1.165) is 16.9 Å². The number of benzene rings is 2. The molecule has 1 atom stereocenters. The lowest BCUT2D eigenvalue weighted by molar-refractivity contribution is 0.307. The molecule has 0 amide bonds. The summed E-state index contributed by atoms with van der Waals surface area (Å²) in [4.78, 5) is 0. The van der Waals surface area contributed by atoms with Gasteiger partial charge in [-0.25, -0.2) is 4.39 Å². The lowest BCUT2D eigenvalue weighted by atomic mass is 9.91. The molecule has 3 nitrogen and oxygen atoms in total. The molecule has 2 aromatic rings. The van der Waals surface area contributed by atoms with Crippen LogP contribution in [0.1, 0.15) is 24.0 Å². The molecule has 118 valence electrons. The van der Waals surface area contributed by atoms with Crippen LogP contribution in [-0.4, -0.2) is 20.3 Å². The number of rotatable bonds is 7. The maximum absolute atomic E-state index is 13.4. The van der Waals surface area contributed by atoms with Crippen LogP contribution < -0.4 is 15.2 Å². The fourth-order valence-electron chi connectivity index (χ4n) is 2.55. The summed E-state index contributed by atoms with van der Waals surface area (Å²) < 4.78 is 24.5. The van der Waals surface area contributed by atoms with Crippen molar-refractivity contribution in [3.63, 3.8) is 0 Å². The lowest BCUT2D eigenvalue weighted by Gasteiger charge is -2.19. The number of hydrogen-bond donors (Lipinski definition) is 1. The van der Waals surface area contributed by atoms with E-state index in [1.54, 1.807) is 13.2 Å². The largest absolute Gasteiger partial charge is 0.493 e. The highest BCUT2D eigenvalue weighted by Gasteiger charge is 2.17. The molecule has 22 heavy (non-hydrogen) atoms. The minimum Gasteiger partial charge on any atom is -0.493 e. The van der Waals surface area contributed by atoms with Gasteiger partial charge in [0.1, 0.15) is 5.82 Å². The van der Waals surface area contributed by atoms with Crippen LogP contribution in [0.25, 0.3) is 0 Å². The predicted octanol–water partition coefficient (Wildman–Crippen LogP) is 3.52. The van der Waals surface area contributed by atoms with Crippen LogP contribution in [-0.2, 0) is 6.42 Å². The highest BCUT2D eigenvalue weighted by atomic mass is 19.1. The first-order chi connectivity index (χ1) is 10.7. The first-order valence-corrected chi connectivity index (χ1v) is 7.43. The van der Waals surface area contributed by atoms with Gasteiger partial charge in [0, 0.05) is 5.92 Å². The molecule has 0 bridgehead atoms. The van der Waals surface area contributed by atoms with Crippen molar-refractivity contribution < 1.29 is 13.9 Å². The van der Waals surface area contributed by atoms with Gasteiger partial charge in [0.25, 0.3) is 0 Å². The van der Waals surface area contributed by atoms with Crippen molar-refractivity contribution in [3.8, 4) is 11.5 Å². The topological polar surface area (TPSA) is 44.5 Å². The fraction of sp³-hybridized carbons (Fsp3) is 0.333. The van der Waals surface area contributed by atoms with Gasteiger partial charge in [-0.05, 0) is 49.2 Å². The normalized spacial score (nSPS) is 12.0. The Morgan fingerprint density at radius 3 is 2.59 bits per heavy atom. The molecule has 4 heteroatoms. The van der Waals surface area contributed by atoms with Crippen molar-refractivity contribution in [1.29, 1.82) is 0 Å². The van der Waals surface area contributed by atoms with Crippen molar-refractivity contribution >= 4 is 0 Å². The molecule has 2 N–H and O–H groups in total. The lowest BCUT2D eigenvalue weighted by Crippen LogP contribution is -2.16. The van der Waals surface area contributed by atoms with Gasteiger partial charge in [0.05, 0.1) is 13.7 Å². The zero-order valence-electron chi connectivity index (χ0n) is 13.0. The molecule has 0 aliphatic heterocycles. The van der Waals surface area contributed by atoms with E-state index in [9.17, 15) is 4.39 Å². The Balaban J connectivity index is 2.31. The van der Waals surface area contributed by atoms with Crippen LogP contribution in [0.3, 0.4) is 0 Å². The standard InChI is InChI=1S/C18H22FNO2/c1-3-22-18-14(7-5-9-17(18)21-2)10-15(12-20)13-6-4-8-16(19)11-13/h4-9,11,15H,3,10,12,20H2,1-2H3. The van der Waals surface area contributed by atoms with Crippen molar-refractivity contribution in [2.24, 2.45) is 5.73 Å². The van der Waals surface area contributed by atoms with Gasteiger partial charge in [0.15, 0.2) is 11.5 Å². The molecule has 1 unspecified atom stereocenters. The molecular formula is C18H22FNO2. The van der Waals surface area contributed by atoms with Crippen molar-refractivity contribution in [2.45, 2.75) is 19.3 Å². The zero-order valence-corrected chi connectivity index (χ0v) is 13.0. The van der Waals surface area contributed by atoms with Crippen molar-refractivity contribution in [2.75, 3.05) is 20.3 Å². The van der Waals surface area contributed by atoms with Crippen LogP contribution in [0.2, 0.25) is 0 Å². The minimum atomic E-state index is -0.244. The van der Waals surface area contributed by atoms with Gasteiger partial charge in [0.2, 0.25) is 0 Å². The van der Waals surface area contributed by atoms with E-state index in [1.807, 2.05) is 31.2 Å². The first-order valence-electron chi connectivity index (χ1n) is 7.43. The second kappa shape index (κ2) is 7.80. The Bertz CT molecular complexity index is 616. The van der Waals surface area contributed by atoms with Gasteiger partial charge < -0.3 is 15.2 Å². The molecule has 0 saturated carbocycles. The van der Waals surface area contributed by atoms with Gasteiger partial charge in [-0.15, -0.1) is 0 Å². The number of methoxy groups -OCH3 is 1. The van der Waals surface area contributed by atoms with Gasteiger partial charge >= 0.3 is 0 Å². The molecule has 0 fully saturated rings. The minimum absolute atomic E-state index is 0.0296. The summed E-state index contributed by atoms with van der Waals surface area (Å²) in [6.07, 6.45) is 0.673. The molecule has 0 radical (unpaired) electrons. The SMILES string of the molecule is CCOc1c(CC(CN)c2cccc(F)c2)cccc1OC. The third-order valence-electron chi connectivity index (χ3n) is 3.64. The summed E-state index contributed by atoms with van der Waals surface area (Å²) >= 11 is 0. The Hall–Kier alpha value is -2.07. The van der Waals surface area contributed by atoms with E-state index in [2.05, 4.69) is 0 Å². The van der Waals surface area contributed by atoms with Crippen molar-refractivity contribution in [3.05, 3.63) is 59.4 Å². The van der Waals surface area contributed by atoms with E-state index in [-0.39, 0.29) is 11.7 Å². The quantitative estimate of drug-likeness (QED) is 0.851. The number of hydrogen-bond acceptors (Lipinski definition) is 3. The molecule has 0 aliphatic rings. The molecule has 2 aromatic carbocycles. The van der Waals surface area contributed by atoms with Crippen LogP contribution in [0.15, 0.2) is 42.5 Å². The van der Waals surface area contributed by atoms with E-state index in [1.165, 1.54) is 12.1 Å². The summed E-state index contributed by atoms with van der Waals surface area (Å²) in [6, 6.07) is 12.4. The van der Waals surface area contributed by atoms with E-state index in [4.69, 9.17) is 15.2 Å². The number of para-hydroxylation sites is 1. The molecule has 0 aliphatic carbocycles. The van der Waals surface area contributed by atoms with E-state index >= 15 is 0 Å². The Kier molecular flexibility index (Phi) is 5.78. The Morgan fingerprint density at radius 2 is 1.95 bits per heavy atom. The number of ether oxygens (including phenoxy) is 2. The Labute approximate surface area is 130 Å². The summed E-state index contributed by atoms with van der Waals surface area (Å²) in [5.74, 6) is 1.23. The fourth-order valence-corrected chi connectivity index (χ4v) is 2.55. The maximum Gasteiger partial charge on any atom is 0.164 e. The highest BCUT2D eigenvalue weighted by Crippen LogP contribution is 2.34. The predicted molar refractivity (Wildman–Crippen MR) is 86.1 cm³/mol. The Morgan fingerprint density at radius 1 is 1.18 bits per heavy atom. The van der Waals surface area contributed by atoms with Gasteiger partial charge in [-0.1, -0.05) is 24.3 Å². The summed E-state index contributed by atoms with van der Waals surface area (Å²) in [7, 11) is 1.62. The zero-order chi connectivity index (χ0) is 15.9. The number of nitrogens with two attached hydrogens (primary N) is 1. The monoisotopic (exact) mass is 303 g/mol. The smallest absolute Gasteiger partial charge is 0.164 e. The van der Waals surface area contributed by atoms with E-state index < -0.39 is 0 Å². The van der Waals surface area contributed by atoms with Crippen molar-refractivity contribution in [1.82, 2.24) is 0 Å². The molecule has 0 aromatic heterocycles. The van der Waals surface area contributed by atoms with Crippen LogP contribution in [0, 0.1) is 5.82 Å². The summed E-state index contributed by atoms with van der Waals surface area (Å²) in [6.45, 7) is 2.93. The second-order valence-electron chi connectivity index (χ2n) is 5.07. The molecule has 0 saturated heterocycles. The molecule has 0 spiro atoms. The van der Waals surface area contributed by atoms with Gasteiger partial charge in [-0.3, -0.25) is 0 Å². The third kappa shape index (κ3) is 3.77. The third-order valence-corrected chi connectivity index (χ3v) is 3.64. The molecular weight excluding hydrogens is 281 g/mol. The van der Waals surface area contributed by atoms with Crippen LogP contribution >= 0.6 is 0 Å². The van der Waals surface area contributed by atoms with Gasteiger partial charge in [-0.2, -0.15) is 0 Å². The summed E-state index contributed by atoms with van der Waals surface area (Å²) in [5, 5.41) is 0. The molecule has 0 heterocycles. The second-order valence-corrected chi connectivity index (χ2v) is 5.07. The average molecular weight is 303 g/mol. The van der Waals surface area contributed by atoms with Crippen LogP contribution in [0.4, 0.5) is 4.39 Å². The van der Waals surface area contributed by atoms with E-state index in [0.29, 0.717) is 25.3 Å². The highest BCUT2D eigenvalue weighted by molar-refractivity contribution is 5.47. The first kappa shape index (κ1) is 16.3. The maximum atomic E-state index is 13.4. The molecule has 2 rings (SSSR count).